The Morgan fingerprint density at radius 3 is 2.66 bits per heavy atom. The molecule has 7 nitrogen and oxygen atoms in total. The number of halogens is 2. The van der Waals surface area contributed by atoms with Gasteiger partial charge in [0.25, 0.3) is 0 Å². The maximum Gasteiger partial charge on any atom is 0.312 e. The van der Waals surface area contributed by atoms with Crippen molar-refractivity contribution in [3.05, 3.63) is 24.3 Å². The summed E-state index contributed by atoms with van der Waals surface area (Å²) in [6.07, 6.45) is 2.37. The molecule has 162 valence electrons. The summed E-state index contributed by atoms with van der Waals surface area (Å²) < 4.78 is 10.9. The van der Waals surface area contributed by atoms with Crippen LogP contribution in [0.2, 0.25) is 0 Å². The van der Waals surface area contributed by atoms with Crippen molar-refractivity contribution in [2.45, 2.75) is 25.4 Å². The molecular weight excluding hydrogens is 417 g/mol. The highest BCUT2D eigenvalue weighted by Gasteiger charge is 2.49. The van der Waals surface area contributed by atoms with Crippen molar-refractivity contribution in [3.8, 4) is 5.75 Å². The van der Waals surface area contributed by atoms with Crippen molar-refractivity contribution in [1.82, 2.24) is 10.2 Å². The highest BCUT2D eigenvalue weighted by Crippen LogP contribution is 2.41. The first kappa shape index (κ1) is 23.7. The average molecular weight is 446 g/mol. The number of piperazine rings is 1. The van der Waals surface area contributed by atoms with Gasteiger partial charge in [-0.05, 0) is 38.1 Å². The van der Waals surface area contributed by atoms with Crippen LogP contribution in [0.3, 0.4) is 0 Å². The first-order chi connectivity index (χ1) is 13.1. The second-order valence-corrected chi connectivity index (χ2v) is 7.74. The lowest BCUT2D eigenvalue weighted by Gasteiger charge is -2.35. The summed E-state index contributed by atoms with van der Waals surface area (Å²) in [5.41, 5.74) is 0.558. The monoisotopic (exact) mass is 445 g/mol. The number of hydrogen-bond acceptors (Lipinski definition) is 6. The van der Waals surface area contributed by atoms with Crippen molar-refractivity contribution in [1.29, 1.82) is 0 Å². The van der Waals surface area contributed by atoms with Gasteiger partial charge in [0.05, 0.1) is 19.1 Å². The highest BCUT2D eigenvalue weighted by atomic mass is 35.5. The number of methoxy groups -OCH3 is 1. The van der Waals surface area contributed by atoms with Gasteiger partial charge in [0.2, 0.25) is 5.91 Å². The number of piperidine rings is 1. The molecule has 4 rings (SSSR count). The molecule has 0 radical (unpaired) electrons. The minimum absolute atomic E-state index is 0. The number of benzene rings is 1. The number of ether oxygens (including phenoxy) is 2. The summed E-state index contributed by atoms with van der Waals surface area (Å²) in [6, 6.07) is 7.57. The van der Waals surface area contributed by atoms with Crippen LogP contribution in [0.1, 0.15) is 19.3 Å². The van der Waals surface area contributed by atoms with Crippen LogP contribution in [0.4, 0.5) is 5.69 Å². The third kappa shape index (κ3) is 4.97. The van der Waals surface area contributed by atoms with E-state index < -0.39 is 0 Å². The maximum absolute atomic E-state index is 12.7. The van der Waals surface area contributed by atoms with Crippen LogP contribution in [-0.4, -0.2) is 69.3 Å². The van der Waals surface area contributed by atoms with E-state index in [-0.39, 0.29) is 48.2 Å². The molecule has 9 heteroatoms. The molecule has 1 unspecified atom stereocenters. The molecule has 3 aliphatic rings. The molecule has 29 heavy (non-hydrogen) atoms. The highest BCUT2D eigenvalue weighted by molar-refractivity contribution is 5.95. The maximum atomic E-state index is 12.7. The number of carbonyl (C=O) groups is 2. The van der Waals surface area contributed by atoms with Crippen molar-refractivity contribution in [3.63, 3.8) is 0 Å². The van der Waals surface area contributed by atoms with Crippen LogP contribution < -0.4 is 15.0 Å². The van der Waals surface area contributed by atoms with E-state index in [9.17, 15) is 9.59 Å². The Bertz CT molecular complexity index is 727. The molecule has 3 aliphatic heterocycles. The average Bonchev–Trinajstić information content (AvgIpc) is 2.96. The van der Waals surface area contributed by atoms with Crippen molar-refractivity contribution in [2.75, 3.05) is 51.3 Å². The van der Waals surface area contributed by atoms with Gasteiger partial charge in [0, 0.05) is 37.8 Å². The molecule has 1 aromatic carbocycles. The van der Waals surface area contributed by atoms with Gasteiger partial charge in [0.15, 0.2) is 0 Å². The number of nitrogens with zero attached hydrogens (tertiary/aromatic N) is 2. The number of hydrogen-bond donors (Lipinski definition) is 1. The van der Waals surface area contributed by atoms with E-state index in [0.717, 1.165) is 50.3 Å². The summed E-state index contributed by atoms with van der Waals surface area (Å²) in [5, 5.41) is 3.31. The molecule has 0 saturated carbocycles. The lowest BCUT2D eigenvalue weighted by molar-refractivity contribution is -0.150. The van der Waals surface area contributed by atoms with Gasteiger partial charge in [-0.15, -0.1) is 24.8 Å². The number of rotatable bonds is 4. The smallest absolute Gasteiger partial charge is 0.312 e. The zero-order valence-electron chi connectivity index (χ0n) is 16.6. The summed E-state index contributed by atoms with van der Waals surface area (Å²) in [7, 11) is 1.62. The van der Waals surface area contributed by atoms with Gasteiger partial charge in [-0.1, -0.05) is 6.07 Å². The van der Waals surface area contributed by atoms with E-state index in [4.69, 9.17) is 9.47 Å². The molecule has 1 N–H and O–H groups in total. The second kappa shape index (κ2) is 9.98. The molecule has 3 fully saturated rings. The molecule has 1 spiro atoms. The van der Waals surface area contributed by atoms with Gasteiger partial charge in [0.1, 0.15) is 11.9 Å². The van der Waals surface area contributed by atoms with Gasteiger partial charge < -0.3 is 19.7 Å². The summed E-state index contributed by atoms with van der Waals surface area (Å²) in [4.78, 5) is 29.0. The quantitative estimate of drug-likeness (QED) is 0.713. The van der Waals surface area contributed by atoms with Gasteiger partial charge >= 0.3 is 5.97 Å². The Kier molecular flexibility index (Phi) is 8.17. The molecule has 0 aliphatic carbocycles. The first-order valence-electron chi connectivity index (χ1n) is 9.68. The van der Waals surface area contributed by atoms with E-state index in [1.165, 1.54) is 0 Å². The molecule has 0 aromatic heterocycles. The lowest BCUT2D eigenvalue weighted by Crippen LogP contribution is -2.52. The molecule has 1 amide bonds. The number of carbonyl (C=O) groups excluding carboxylic acids is 2. The molecular formula is C20H29Cl2N3O4. The van der Waals surface area contributed by atoms with Crippen molar-refractivity contribution >= 4 is 42.4 Å². The summed E-state index contributed by atoms with van der Waals surface area (Å²) in [5.74, 6) is 0.763. The molecule has 1 aromatic rings. The van der Waals surface area contributed by atoms with E-state index >= 15 is 0 Å². The third-order valence-corrected chi connectivity index (χ3v) is 6.01. The van der Waals surface area contributed by atoms with Gasteiger partial charge in [-0.25, -0.2) is 0 Å². The van der Waals surface area contributed by atoms with Crippen LogP contribution in [-0.2, 0) is 14.3 Å². The minimum Gasteiger partial charge on any atom is -0.497 e. The van der Waals surface area contributed by atoms with Gasteiger partial charge in [-0.2, -0.15) is 0 Å². The normalized spacial score (nSPS) is 23.9. The summed E-state index contributed by atoms with van der Waals surface area (Å²) >= 11 is 0. The van der Waals surface area contributed by atoms with Crippen molar-refractivity contribution in [2.24, 2.45) is 5.41 Å². The Balaban J connectivity index is 0.00000150. The first-order valence-corrected chi connectivity index (χ1v) is 9.68. The van der Waals surface area contributed by atoms with E-state index in [2.05, 4.69) is 10.2 Å². The van der Waals surface area contributed by atoms with E-state index in [1.807, 2.05) is 24.3 Å². The van der Waals surface area contributed by atoms with Crippen LogP contribution >= 0.6 is 24.8 Å². The molecule has 3 heterocycles. The Morgan fingerprint density at radius 1 is 1.21 bits per heavy atom. The molecule has 3 saturated heterocycles. The number of amides is 1. The third-order valence-electron chi connectivity index (χ3n) is 6.01. The number of esters is 1. The molecule has 0 bridgehead atoms. The fourth-order valence-electron chi connectivity index (χ4n) is 4.47. The van der Waals surface area contributed by atoms with E-state index in [1.54, 1.807) is 12.0 Å². The number of nitrogens with one attached hydrogen (secondary N) is 1. The Hall–Kier alpha value is -1.54. The minimum atomic E-state index is -0.303. The lowest BCUT2D eigenvalue weighted by atomic mass is 9.76. The van der Waals surface area contributed by atoms with Gasteiger partial charge in [-0.3, -0.25) is 14.5 Å². The van der Waals surface area contributed by atoms with Crippen molar-refractivity contribution < 1.29 is 19.1 Å². The van der Waals surface area contributed by atoms with Crippen LogP contribution in [0.25, 0.3) is 0 Å². The van der Waals surface area contributed by atoms with Crippen LogP contribution in [0.15, 0.2) is 24.3 Å². The number of cyclic esters (lactones) is 1. The summed E-state index contributed by atoms with van der Waals surface area (Å²) in [6.45, 7) is 4.13. The molecule has 1 atom stereocenters. The topological polar surface area (TPSA) is 71.1 Å². The zero-order valence-corrected chi connectivity index (χ0v) is 18.2. The largest absolute Gasteiger partial charge is 0.497 e. The van der Waals surface area contributed by atoms with Crippen LogP contribution in [0, 0.1) is 5.41 Å². The fraction of sp³-hybridized carbons (Fsp3) is 0.600. The fourth-order valence-corrected chi connectivity index (χ4v) is 4.47. The second-order valence-electron chi connectivity index (χ2n) is 7.74. The SMILES string of the molecule is COc1cccc(N2CCN(CC3CC4(CCNCC4)C(=O)O3)CC2=O)c1.Cl.Cl. The Morgan fingerprint density at radius 2 is 1.97 bits per heavy atom. The van der Waals surface area contributed by atoms with E-state index in [0.29, 0.717) is 19.6 Å². The zero-order chi connectivity index (χ0) is 18.9. The van der Waals surface area contributed by atoms with Crippen LogP contribution in [0.5, 0.6) is 5.75 Å². The number of anilines is 1. The predicted molar refractivity (Wildman–Crippen MR) is 115 cm³/mol. The predicted octanol–water partition coefficient (Wildman–Crippen LogP) is 1.87. The Labute approximate surface area is 183 Å². The standard InChI is InChI=1S/C20H27N3O4.2ClH/c1-26-16-4-2-3-15(11-16)23-10-9-22(14-18(23)24)13-17-12-20(19(25)27-17)5-7-21-8-6-20;;/h2-4,11,17,21H,5-10,12-14H2,1H3;2*1H.